The van der Waals surface area contributed by atoms with Gasteiger partial charge in [-0.15, -0.1) is 12.4 Å². The highest BCUT2D eigenvalue weighted by Crippen LogP contribution is 2.05. The molecule has 0 fully saturated rings. The molecule has 0 atom stereocenters. The van der Waals surface area contributed by atoms with Crippen LogP contribution in [0.2, 0.25) is 0 Å². The topological polar surface area (TPSA) is 38.0 Å². The zero-order valence-electron chi connectivity index (χ0n) is 7.92. The number of anilines is 1. The van der Waals surface area contributed by atoms with Gasteiger partial charge in [0.1, 0.15) is 0 Å². The normalized spacial score (nSPS) is 9.31. The predicted molar refractivity (Wildman–Crippen MR) is 60.4 cm³/mol. The molecule has 0 spiro atoms. The summed E-state index contributed by atoms with van der Waals surface area (Å²) in [5, 5.41) is 3.28. The van der Waals surface area contributed by atoms with Gasteiger partial charge in [0, 0.05) is 5.69 Å². The van der Waals surface area contributed by atoms with Gasteiger partial charge < -0.3 is 11.1 Å². The van der Waals surface area contributed by atoms with E-state index in [9.17, 15) is 0 Å². The molecule has 0 saturated heterocycles. The maximum absolute atomic E-state index is 5.57. The van der Waals surface area contributed by atoms with Gasteiger partial charge in [0.25, 0.3) is 0 Å². The van der Waals surface area contributed by atoms with Crippen LogP contribution in [0.15, 0.2) is 24.3 Å². The van der Waals surface area contributed by atoms with Crippen LogP contribution < -0.4 is 11.1 Å². The summed E-state index contributed by atoms with van der Waals surface area (Å²) in [6.45, 7) is 4.19. The molecule has 74 valence electrons. The van der Waals surface area contributed by atoms with Crippen LogP contribution in [0.5, 0.6) is 0 Å². The van der Waals surface area contributed by atoms with Crippen molar-refractivity contribution in [1.82, 2.24) is 5.32 Å². The Labute approximate surface area is 85.9 Å². The molecular formula is C10H17ClN2. The van der Waals surface area contributed by atoms with Gasteiger partial charge in [0.15, 0.2) is 0 Å². The minimum Gasteiger partial charge on any atom is -0.399 e. The lowest BCUT2D eigenvalue weighted by atomic mass is 10.1. The van der Waals surface area contributed by atoms with E-state index < -0.39 is 0 Å². The summed E-state index contributed by atoms with van der Waals surface area (Å²) in [5.41, 5.74) is 7.74. The van der Waals surface area contributed by atoms with E-state index in [-0.39, 0.29) is 12.4 Å². The van der Waals surface area contributed by atoms with Crippen LogP contribution in [0.4, 0.5) is 5.69 Å². The highest BCUT2D eigenvalue weighted by Gasteiger charge is 1.90. The van der Waals surface area contributed by atoms with E-state index in [0.29, 0.717) is 0 Å². The van der Waals surface area contributed by atoms with Crippen molar-refractivity contribution in [2.24, 2.45) is 0 Å². The monoisotopic (exact) mass is 200 g/mol. The van der Waals surface area contributed by atoms with Crippen molar-refractivity contribution in [1.29, 1.82) is 0 Å². The number of likely N-dealkylation sites (N-methyl/N-ethyl adjacent to an activating group) is 1. The van der Waals surface area contributed by atoms with Crippen molar-refractivity contribution in [3.05, 3.63) is 29.8 Å². The summed E-state index contributed by atoms with van der Waals surface area (Å²) in [5.74, 6) is 0. The Morgan fingerprint density at radius 2 is 1.85 bits per heavy atom. The Hall–Kier alpha value is -0.730. The molecule has 13 heavy (non-hydrogen) atoms. The lowest BCUT2D eigenvalue weighted by Gasteiger charge is -2.01. The fourth-order valence-electron chi connectivity index (χ4n) is 1.09. The van der Waals surface area contributed by atoms with Crippen LogP contribution >= 0.6 is 12.4 Å². The molecule has 0 aromatic heterocycles. The van der Waals surface area contributed by atoms with E-state index in [0.717, 1.165) is 25.2 Å². The quantitative estimate of drug-likeness (QED) is 0.575. The average Bonchev–Trinajstić information content (AvgIpc) is 2.09. The molecule has 2 nitrogen and oxygen atoms in total. The van der Waals surface area contributed by atoms with Gasteiger partial charge in [-0.1, -0.05) is 19.1 Å². The second kappa shape index (κ2) is 6.75. The molecule has 3 heteroatoms. The number of benzene rings is 1. The molecule has 3 N–H and O–H groups in total. The van der Waals surface area contributed by atoms with Crippen LogP contribution in [0.3, 0.4) is 0 Å². The number of nitrogens with two attached hydrogens (primary N) is 1. The number of hydrogen-bond acceptors (Lipinski definition) is 2. The second-order valence-electron chi connectivity index (χ2n) is 2.85. The van der Waals surface area contributed by atoms with Gasteiger partial charge >= 0.3 is 0 Å². The molecule has 1 aromatic rings. The van der Waals surface area contributed by atoms with Crippen molar-refractivity contribution in [3.8, 4) is 0 Å². The second-order valence-corrected chi connectivity index (χ2v) is 2.85. The van der Waals surface area contributed by atoms with Crippen molar-refractivity contribution >= 4 is 18.1 Å². The number of nitrogens with one attached hydrogen (secondary N) is 1. The van der Waals surface area contributed by atoms with Crippen LogP contribution in [-0.4, -0.2) is 13.1 Å². The Kier molecular flexibility index (Phi) is 6.37. The van der Waals surface area contributed by atoms with Gasteiger partial charge in [-0.25, -0.2) is 0 Å². The predicted octanol–water partition coefficient (Wildman–Crippen LogP) is 1.84. The molecule has 0 aliphatic rings. The van der Waals surface area contributed by atoms with E-state index in [1.807, 2.05) is 12.1 Å². The largest absolute Gasteiger partial charge is 0.399 e. The molecule has 0 aliphatic carbocycles. The van der Waals surface area contributed by atoms with Gasteiger partial charge in [-0.2, -0.15) is 0 Å². The number of rotatable bonds is 4. The summed E-state index contributed by atoms with van der Waals surface area (Å²) in [7, 11) is 0. The van der Waals surface area contributed by atoms with Crippen molar-refractivity contribution in [3.63, 3.8) is 0 Å². The van der Waals surface area contributed by atoms with E-state index in [1.54, 1.807) is 0 Å². The van der Waals surface area contributed by atoms with E-state index in [2.05, 4.69) is 24.4 Å². The van der Waals surface area contributed by atoms with Crippen LogP contribution in [0.25, 0.3) is 0 Å². The molecule has 0 unspecified atom stereocenters. The van der Waals surface area contributed by atoms with Gasteiger partial charge in [-0.3, -0.25) is 0 Å². The minimum absolute atomic E-state index is 0. The average molecular weight is 201 g/mol. The first-order valence-corrected chi connectivity index (χ1v) is 4.38. The fourth-order valence-corrected chi connectivity index (χ4v) is 1.09. The molecule has 0 bridgehead atoms. The fraction of sp³-hybridized carbons (Fsp3) is 0.400. The smallest absolute Gasteiger partial charge is 0.0314 e. The zero-order chi connectivity index (χ0) is 8.81. The first kappa shape index (κ1) is 12.3. The molecule has 0 saturated carbocycles. The maximum atomic E-state index is 5.57. The summed E-state index contributed by atoms with van der Waals surface area (Å²) < 4.78 is 0. The first-order chi connectivity index (χ1) is 5.83. The third kappa shape index (κ3) is 4.76. The SMILES string of the molecule is CCNCCc1ccc(N)cc1.Cl. The number of halogens is 1. The van der Waals surface area contributed by atoms with E-state index >= 15 is 0 Å². The third-order valence-corrected chi connectivity index (χ3v) is 1.82. The van der Waals surface area contributed by atoms with Gasteiger partial charge in [0.2, 0.25) is 0 Å². The third-order valence-electron chi connectivity index (χ3n) is 1.82. The molecule has 0 amide bonds. The first-order valence-electron chi connectivity index (χ1n) is 4.38. The highest BCUT2D eigenvalue weighted by atomic mass is 35.5. The minimum atomic E-state index is 0. The lowest BCUT2D eigenvalue weighted by molar-refractivity contribution is 0.717. The van der Waals surface area contributed by atoms with Gasteiger partial charge in [0.05, 0.1) is 0 Å². The standard InChI is InChI=1S/C10H16N2.ClH/c1-2-12-8-7-9-3-5-10(11)6-4-9;/h3-6,12H,2,7-8,11H2,1H3;1H. The highest BCUT2D eigenvalue weighted by molar-refractivity contribution is 5.85. The Balaban J connectivity index is 0.00000144. The molecule has 0 radical (unpaired) electrons. The van der Waals surface area contributed by atoms with E-state index in [1.165, 1.54) is 5.56 Å². The lowest BCUT2D eigenvalue weighted by Crippen LogP contribution is -2.15. The van der Waals surface area contributed by atoms with Crippen LogP contribution in [-0.2, 0) is 6.42 Å². The Morgan fingerprint density at radius 3 is 2.38 bits per heavy atom. The molecule has 1 rings (SSSR count). The maximum Gasteiger partial charge on any atom is 0.0314 e. The summed E-state index contributed by atoms with van der Waals surface area (Å²) in [4.78, 5) is 0. The Morgan fingerprint density at radius 1 is 1.23 bits per heavy atom. The van der Waals surface area contributed by atoms with Crippen molar-refractivity contribution < 1.29 is 0 Å². The van der Waals surface area contributed by atoms with Gasteiger partial charge in [-0.05, 0) is 37.2 Å². The van der Waals surface area contributed by atoms with Crippen molar-refractivity contribution in [2.75, 3.05) is 18.8 Å². The molecular weight excluding hydrogens is 184 g/mol. The number of hydrogen-bond donors (Lipinski definition) is 2. The van der Waals surface area contributed by atoms with Crippen LogP contribution in [0.1, 0.15) is 12.5 Å². The summed E-state index contributed by atoms with van der Waals surface area (Å²) >= 11 is 0. The summed E-state index contributed by atoms with van der Waals surface area (Å²) in [6, 6.07) is 8.04. The van der Waals surface area contributed by atoms with Crippen LogP contribution in [0, 0.1) is 0 Å². The molecule has 0 aliphatic heterocycles. The van der Waals surface area contributed by atoms with E-state index in [4.69, 9.17) is 5.73 Å². The summed E-state index contributed by atoms with van der Waals surface area (Å²) in [6.07, 6.45) is 1.08. The molecule has 0 heterocycles. The number of nitrogen functional groups attached to an aromatic ring is 1. The molecule has 1 aromatic carbocycles. The van der Waals surface area contributed by atoms with Crippen molar-refractivity contribution in [2.45, 2.75) is 13.3 Å². The zero-order valence-corrected chi connectivity index (χ0v) is 8.73. The Bertz CT molecular complexity index is 221.